The number of carbonyl (C=O) groups is 1. The van der Waals surface area contributed by atoms with E-state index in [1.54, 1.807) is 0 Å². The van der Waals surface area contributed by atoms with Crippen LogP contribution in [-0.2, 0) is 4.79 Å². The first kappa shape index (κ1) is 19.8. The lowest BCUT2D eigenvalue weighted by Gasteiger charge is -2.42. The SMILES string of the molecule is Cc1cccc(OCCC(=O)N2CCC(N)C(C)(C)C2)c1C.Cl. The van der Waals surface area contributed by atoms with E-state index in [2.05, 4.69) is 26.8 Å². The number of likely N-dealkylation sites (tertiary alicyclic amines) is 1. The van der Waals surface area contributed by atoms with Gasteiger partial charge in [0.15, 0.2) is 0 Å². The number of aryl methyl sites for hydroxylation is 1. The average molecular weight is 341 g/mol. The monoisotopic (exact) mass is 340 g/mol. The van der Waals surface area contributed by atoms with E-state index in [4.69, 9.17) is 10.5 Å². The fourth-order valence-electron chi connectivity index (χ4n) is 2.87. The van der Waals surface area contributed by atoms with Crippen molar-refractivity contribution in [3.05, 3.63) is 29.3 Å². The van der Waals surface area contributed by atoms with E-state index >= 15 is 0 Å². The maximum absolute atomic E-state index is 12.3. The van der Waals surface area contributed by atoms with E-state index in [1.807, 2.05) is 24.0 Å². The van der Waals surface area contributed by atoms with Gasteiger partial charge in [0.2, 0.25) is 5.91 Å². The van der Waals surface area contributed by atoms with Gasteiger partial charge in [-0.25, -0.2) is 0 Å². The van der Waals surface area contributed by atoms with Crippen LogP contribution in [0.2, 0.25) is 0 Å². The molecule has 1 aliphatic rings. The Labute approximate surface area is 145 Å². The van der Waals surface area contributed by atoms with Crippen LogP contribution in [0, 0.1) is 19.3 Å². The number of ether oxygens (including phenoxy) is 1. The molecule has 0 aromatic heterocycles. The van der Waals surface area contributed by atoms with Crippen LogP contribution in [0.5, 0.6) is 5.75 Å². The van der Waals surface area contributed by atoms with Crippen molar-refractivity contribution in [1.82, 2.24) is 4.90 Å². The summed E-state index contributed by atoms with van der Waals surface area (Å²) in [6.07, 6.45) is 1.29. The minimum atomic E-state index is -0.0120. The summed E-state index contributed by atoms with van der Waals surface area (Å²) in [4.78, 5) is 14.3. The van der Waals surface area contributed by atoms with Gasteiger partial charge in [-0.2, -0.15) is 0 Å². The van der Waals surface area contributed by atoms with Gasteiger partial charge in [0, 0.05) is 19.1 Å². The smallest absolute Gasteiger partial charge is 0.226 e. The molecule has 1 amide bonds. The van der Waals surface area contributed by atoms with Crippen LogP contribution in [0.15, 0.2) is 18.2 Å². The summed E-state index contributed by atoms with van der Waals surface area (Å²) in [5.41, 5.74) is 8.45. The van der Waals surface area contributed by atoms with E-state index < -0.39 is 0 Å². The molecule has 0 spiro atoms. The average Bonchev–Trinajstić information content (AvgIpc) is 2.46. The summed E-state index contributed by atoms with van der Waals surface area (Å²) >= 11 is 0. The standard InChI is InChI=1S/C18H28N2O2.ClH/c1-13-6-5-7-15(14(13)2)22-11-9-17(21)20-10-8-16(19)18(3,4)12-20;/h5-7,16H,8-12,19H2,1-4H3;1H. The van der Waals surface area contributed by atoms with Crippen molar-refractivity contribution < 1.29 is 9.53 Å². The lowest BCUT2D eigenvalue weighted by molar-refractivity contribution is -0.135. The molecule has 130 valence electrons. The first-order valence-corrected chi connectivity index (χ1v) is 8.03. The van der Waals surface area contributed by atoms with Crippen LogP contribution in [0.3, 0.4) is 0 Å². The van der Waals surface area contributed by atoms with E-state index in [9.17, 15) is 4.79 Å². The molecule has 1 fully saturated rings. The van der Waals surface area contributed by atoms with E-state index in [0.29, 0.717) is 13.0 Å². The largest absolute Gasteiger partial charge is 0.493 e. The van der Waals surface area contributed by atoms with Crippen molar-refractivity contribution in [3.63, 3.8) is 0 Å². The molecule has 0 radical (unpaired) electrons. The number of carbonyl (C=O) groups excluding carboxylic acids is 1. The highest BCUT2D eigenvalue weighted by molar-refractivity contribution is 5.85. The third-order valence-corrected chi connectivity index (χ3v) is 4.79. The molecule has 1 saturated heterocycles. The maximum atomic E-state index is 12.3. The maximum Gasteiger partial charge on any atom is 0.226 e. The summed E-state index contributed by atoms with van der Waals surface area (Å²) in [7, 11) is 0. The molecule has 1 aliphatic heterocycles. The first-order valence-electron chi connectivity index (χ1n) is 8.03. The molecular formula is C18H29ClN2O2. The molecule has 23 heavy (non-hydrogen) atoms. The molecule has 2 N–H and O–H groups in total. The van der Waals surface area contributed by atoms with Crippen LogP contribution >= 0.6 is 12.4 Å². The topological polar surface area (TPSA) is 55.6 Å². The molecule has 1 unspecified atom stereocenters. The van der Waals surface area contributed by atoms with Gasteiger partial charge >= 0.3 is 0 Å². The number of rotatable bonds is 4. The van der Waals surface area contributed by atoms with Crippen molar-refractivity contribution in [1.29, 1.82) is 0 Å². The quantitative estimate of drug-likeness (QED) is 0.916. The van der Waals surface area contributed by atoms with E-state index in [0.717, 1.165) is 30.8 Å². The van der Waals surface area contributed by atoms with Crippen molar-refractivity contribution in [3.8, 4) is 5.75 Å². The lowest BCUT2D eigenvalue weighted by atomic mass is 9.79. The zero-order valence-electron chi connectivity index (χ0n) is 14.6. The van der Waals surface area contributed by atoms with Crippen LogP contribution in [0.25, 0.3) is 0 Å². The van der Waals surface area contributed by atoms with Crippen molar-refractivity contribution in [2.45, 2.75) is 46.6 Å². The molecule has 0 aliphatic carbocycles. The Balaban J connectivity index is 0.00000264. The third kappa shape index (κ3) is 4.85. The second kappa shape index (κ2) is 8.02. The second-order valence-electron chi connectivity index (χ2n) is 7.00. The van der Waals surface area contributed by atoms with Gasteiger partial charge in [-0.15, -0.1) is 12.4 Å². The highest BCUT2D eigenvalue weighted by atomic mass is 35.5. The number of nitrogens with two attached hydrogens (primary N) is 1. The van der Waals surface area contributed by atoms with Crippen molar-refractivity contribution >= 4 is 18.3 Å². The van der Waals surface area contributed by atoms with E-state index in [1.165, 1.54) is 5.56 Å². The molecule has 4 nitrogen and oxygen atoms in total. The molecule has 0 bridgehead atoms. The Hall–Kier alpha value is -1.26. The lowest BCUT2D eigenvalue weighted by Crippen LogP contribution is -2.54. The number of amides is 1. The van der Waals surface area contributed by atoms with Gasteiger partial charge < -0.3 is 15.4 Å². The van der Waals surface area contributed by atoms with Gasteiger partial charge in [0.05, 0.1) is 13.0 Å². The Morgan fingerprint density at radius 2 is 2.09 bits per heavy atom. The molecule has 1 aromatic rings. The highest BCUT2D eigenvalue weighted by Gasteiger charge is 2.35. The predicted molar refractivity (Wildman–Crippen MR) is 96.2 cm³/mol. The fourth-order valence-corrected chi connectivity index (χ4v) is 2.87. The van der Waals surface area contributed by atoms with Crippen molar-refractivity contribution in [2.75, 3.05) is 19.7 Å². The Bertz CT molecular complexity index is 546. The van der Waals surface area contributed by atoms with Crippen LogP contribution in [-0.4, -0.2) is 36.5 Å². The minimum absolute atomic E-state index is 0. The second-order valence-corrected chi connectivity index (χ2v) is 7.00. The van der Waals surface area contributed by atoms with Crippen LogP contribution < -0.4 is 10.5 Å². The molecular weight excluding hydrogens is 312 g/mol. The third-order valence-electron chi connectivity index (χ3n) is 4.79. The Kier molecular flexibility index (Phi) is 6.90. The van der Waals surface area contributed by atoms with Gasteiger partial charge in [-0.3, -0.25) is 4.79 Å². The number of piperidine rings is 1. The van der Waals surface area contributed by atoms with Gasteiger partial charge in [-0.05, 0) is 42.9 Å². The van der Waals surface area contributed by atoms with Gasteiger partial charge in [-0.1, -0.05) is 26.0 Å². The molecule has 1 heterocycles. The number of hydrogen-bond acceptors (Lipinski definition) is 3. The van der Waals surface area contributed by atoms with Gasteiger partial charge in [0.1, 0.15) is 5.75 Å². The predicted octanol–water partition coefficient (Wildman–Crippen LogP) is 3.08. The first-order chi connectivity index (χ1) is 10.3. The number of halogens is 1. The van der Waals surface area contributed by atoms with Crippen molar-refractivity contribution in [2.24, 2.45) is 11.1 Å². The fraction of sp³-hybridized carbons (Fsp3) is 0.611. The highest BCUT2D eigenvalue weighted by Crippen LogP contribution is 2.28. The van der Waals surface area contributed by atoms with E-state index in [-0.39, 0.29) is 29.8 Å². The molecule has 0 saturated carbocycles. The molecule has 2 rings (SSSR count). The summed E-state index contributed by atoms with van der Waals surface area (Å²) in [6.45, 7) is 10.3. The summed E-state index contributed by atoms with van der Waals surface area (Å²) in [5, 5.41) is 0. The molecule has 5 heteroatoms. The Morgan fingerprint density at radius 3 is 2.74 bits per heavy atom. The normalized spacial score (nSPS) is 19.9. The number of hydrogen-bond donors (Lipinski definition) is 1. The Morgan fingerprint density at radius 1 is 1.39 bits per heavy atom. The summed E-state index contributed by atoms with van der Waals surface area (Å²) < 4.78 is 5.78. The minimum Gasteiger partial charge on any atom is -0.493 e. The van der Waals surface area contributed by atoms with Crippen LogP contribution in [0.4, 0.5) is 0 Å². The summed E-state index contributed by atoms with van der Waals surface area (Å²) in [5.74, 6) is 1.03. The van der Waals surface area contributed by atoms with Crippen LogP contribution in [0.1, 0.15) is 37.8 Å². The summed E-state index contributed by atoms with van der Waals surface area (Å²) in [6, 6.07) is 6.17. The number of benzene rings is 1. The molecule has 1 aromatic carbocycles. The zero-order chi connectivity index (χ0) is 16.3. The number of nitrogens with zero attached hydrogens (tertiary/aromatic N) is 1. The van der Waals surface area contributed by atoms with Gasteiger partial charge in [0.25, 0.3) is 0 Å². The zero-order valence-corrected chi connectivity index (χ0v) is 15.4. The molecule has 1 atom stereocenters.